The molecular formula is C66H88I6N15O30S6V2. The molecule has 9 heterocycles. The molecule has 3 aromatic heterocycles. The second kappa shape index (κ2) is 59.2. The molecule has 6 aliphatic heterocycles. The van der Waals surface area contributed by atoms with Crippen LogP contribution < -0.4 is 32.7 Å². The van der Waals surface area contributed by atoms with Crippen LogP contribution in [0.25, 0.3) is 0 Å². The van der Waals surface area contributed by atoms with Crippen LogP contribution in [0.15, 0.2) is 65.4 Å². The maximum atomic E-state index is 13.2. The molecule has 125 heavy (non-hydrogen) atoms. The van der Waals surface area contributed by atoms with Crippen molar-refractivity contribution in [2.45, 2.75) is 141 Å². The number of esters is 3. The number of methoxy groups -OCH3 is 3. The van der Waals surface area contributed by atoms with Crippen molar-refractivity contribution in [1.29, 1.82) is 0 Å². The minimum atomic E-state index is -1.30. The number of hydrogen-bond donors (Lipinski definition) is 7. The SMILES string of the molecule is C.CO/N=C(\C(=O)O)c1csc(NC=O)n1.COCC1=C(C(=O)OC(C)OC(=O)OC(C)C)N2C(=O)C(N)C2SC1.COCC1=C(C(=O)OC(C)OC(=O)OC(C)C)N2C(=O)C(NC(=O)/C(=N\OC)c3csc(N)n3)C2SC1.COCC1=C(C(=O)OC(C)OC(=O)OC(C)C)N2C(=O)C(NC(=O)/C(=N\OC)c3csc(NC=O)n3)C2SC1.I.[I][V]([I])[I].[I][V][I]. The number of thiazole rings is 3. The summed E-state index contributed by atoms with van der Waals surface area (Å²) in [6.07, 6.45) is -7.04. The molecule has 9 rings (SSSR count). The number of amides is 7. The van der Waals surface area contributed by atoms with Gasteiger partial charge in [0.1, 0.15) is 89.7 Å². The predicted octanol–water partition coefficient (Wildman–Crippen LogP) is 8.04. The number of β-lactam (4-membered cyclic amide) rings is 3. The minimum absolute atomic E-state index is 0. The number of halogens is 6. The van der Waals surface area contributed by atoms with Gasteiger partial charge in [-0.2, -0.15) is 0 Å². The molecule has 0 saturated carbocycles. The summed E-state index contributed by atoms with van der Waals surface area (Å²) in [5, 5.41) is 33.1. The normalized spacial score (nSPS) is 18.5. The second-order valence-electron chi connectivity index (χ2n) is 24.4. The van der Waals surface area contributed by atoms with E-state index in [0.717, 1.165) is 34.0 Å². The summed E-state index contributed by atoms with van der Waals surface area (Å²) < 4.78 is 60.4. The standard InChI is InChI=1S/C22H27N5O10S2.C21H27N5O9S2.C15H22N2O7S.C7H7N3O4S.CH4.6HI.2V/c1-10(2)35-22(32)37-11(3)36-20(31)16-12(6-33-4)7-38-19-15(18(30)27(16)19)25-17(29)14(26-34-5)13-8-39-21(24-13)23-9-28;1-9(2)33-21(30)35-10(3)34-19(29)15-11(6-31-4)7-36-18-14(17(28)26(15)18)24-16(27)13(25-32-5)12-8-37-20(22)23-12;1-7(2)22-15(20)24-8(3)23-14(19)11-9(5-21-4)6-25-13-10(16)12(18)17(11)13;1-14-10-5(6(12)13)4-2-15-7(9-4)8-3-11;;;;;;;;;/h8-11,15,19H,6-7H2,1-5H3,(H,25,29)(H,23,24,28);8-10,14,18H,6-7H2,1-5H3,(H2,22,23)(H,24,27);7-8,10,13H,5-6,16H2,1-4H3;2-3H,1H3,(H,12,13)(H,8,9,11);1H4;6*1H;;/q;;;;;;;;;;;+2;+3/p-5/b26-14-;25-13-;;10-5-;;;;;;;;;. The zero-order valence-electron chi connectivity index (χ0n) is 67.7. The molecule has 0 aromatic carbocycles. The number of carboxylic acid groups (broad SMARTS) is 1. The van der Waals surface area contributed by atoms with Crippen molar-refractivity contribution in [3.8, 4) is 0 Å². The van der Waals surface area contributed by atoms with Gasteiger partial charge in [0, 0.05) is 75.5 Å². The van der Waals surface area contributed by atoms with Crippen molar-refractivity contribution in [3.05, 3.63) is 67.0 Å². The van der Waals surface area contributed by atoms with E-state index in [-0.39, 0.29) is 135 Å². The number of aromatic nitrogens is 3. The van der Waals surface area contributed by atoms with Crippen LogP contribution in [0.1, 0.15) is 86.8 Å². The molecule has 0 radical (unpaired) electrons. The summed E-state index contributed by atoms with van der Waals surface area (Å²) >= 11 is 19.5. The molecule has 9 N–H and O–H groups in total. The van der Waals surface area contributed by atoms with Crippen molar-refractivity contribution in [2.24, 2.45) is 21.2 Å². The zero-order chi connectivity index (χ0) is 92.2. The summed E-state index contributed by atoms with van der Waals surface area (Å²) in [5.74, 6) is -5.64. The van der Waals surface area contributed by atoms with E-state index in [0.29, 0.717) is 61.4 Å². The number of anilines is 3. The number of hydrogen-bond acceptors (Lipinski definition) is 43. The van der Waals surface area contributed by atoms with Crippen molar-refractivity contribution < 1.29 is 158 Å². The Labute approximate surface area is 824 Å². The molecule has 6 aliphatic rings. The van der Waals surface area contributed by atoms with Gasteiger partial charge in [-0.3, -0.25) is 48.3 Å². The van der Waals surface area contributed by atoms with Crippen LogP contribution in [-0.4, -0.2) is 288 Å². The fourth-order valence-corrected chi connectivity index (χ4v) is 16.0. The van der Waals surface area contributed by atoms with Crippen LogP contribution in [-0.2, 0) is 138 Å². The molecule has 9 unspecified atom stereocenters. The fraction of sp³-hybridized carbons (Fsp3) is 0.515. The first-order chi connectivity index (χ1) is 58.3. The van der Waals surface area contributed by atoms with Crippen molar-refractivity contribution in [1.82, 2.24) is 40.3 Å². The number of rotatable bonds is 33. The number of fused-ring (bicyclic) bond motifs is 3. The van der Waals surface area contributed by atoms with E-state index in [4.69, 9.17) is 83.1 Å². The van der Waals surface area contributed by atoms with Gasteiger partial charge in [0.15, 0.2) is 26.8 Å². The quantitative estimate of drug-likeness (QED) is 0.00443. The third-order valence-corrected chi connectivity index (χ3v) is 21.0. The van der Waals surface area contributed by atoms with E-state index in [1.807, 2.05) is 0 Å². The molecule has 3 saturated heterocycles. The monoisotopic (exact) mass is 2630 g/mol. The summed E-state index contributed by atoms with van der Waals surface area (Å²) in [7, 11) is 8.75. The van der Waals surface area contributed by atoms with Gasteiger partial charge in [0.25, 0.3) is 23.6 Å². The molecule has 0 spiro atoms. The molecule has 45 nitrogen and oxygen atoms in total. The van der Waals surface area contributed by atoms with Gasteiger partial charge < -0.3 is 109 Å². The summed E-state index contributed by atoms with van der Waals surface area (Å²) in [6.45, 7) is 14.2. The van der Waals surface area contributed by atoms with Crippen molar-refractivity contribution in [3.63, 3.8) is 0 Å². The van der Waals surface area contributed by atoms with Crippen LogP contribution in [0.5, 0.6) is 0 Å². The third kappa shape index (κ3) is 35.8. The van der Waals surface area contributed by atoms with Crippen LogP contribution in [0, 0.1) is 0 Å². The molecule has 695 valence electrons. The van der Waals surface area contributed by atoms with Gasteiger partial charge in [-0.15, -0.1) is 93.3 Å². The summed E-state index contributed by atoms with van der Waals surface area (Å²) in [4.78, 5) is 199. The van der Waals surface area contributed by atoms with Crippen molar-refractivity contribution >= 4 is 310 Å². The Kier molecular flexibility index (Phi) is 54.8. The number of carbonyl (C=O) groups is 14. The van der Waals surface area contributed by atoms with Gasteiger partial charge in [-0.25, -0.2) is 48.5 Å². The van der Waals surface area contributed by atoms with Gasteiger partial charge >= 0.3 is 157 Å². The van der Waals surface area contributed by atoms with E-state index in [2.05, 4.69) is 156 Å². The van der Waals surface area contributed by atoms with Crippen LogP contribution in [0.3, 0.4) is 0 Å². The number of oxime groups is 3. The third-order valence-electron chi connectivity index (χ3n) is 14.7. The molecule has 0 bridgehead atoms. The Morgan fingerprint density at radius 3 is 1.10 bits per heavy atom. The number of aliphatic carboxylic acids is 1. The number of nitrogens with one attached hydrogen (secondary N) is 4. The van der Waals surface area contributed by atoms with Gasteiger partial charge in [0.2, 0.25) is 43.3 Å². The number of nitrogens with zero attached hydrogens (tertiary/aromatic N) is 9. The van der Waals surface area contributed by atoms with Crippen LogP contribution in [0.2, 0.25) is 0 Å². The Morgan fingerprint density at radius 2 is 0.816 bits per heavy atom. The number of ether oxygens (including phenoxy) is 12. The first-order valence-corrected chi connectivity index (χ1v) is 63.0. The first-order valence-electron chi connectivity index (χ1n) is 34.7. The van der Waals surface area contributed by atoms with E-state index in [1.54, 1.807) is 41.5 Å². The zero-order valence-corrected chi connectivity index (χ0v) is 88.5. The molecule has 0 aliphatic carbocycles. The second-order valence-corrected chi connectivity index (χ2v) is 77.5. The maximum absolute atomic E-state index is 13.2. The van der Waals surface area contributed by atoms with E-state index in [1.165, 1.54) is 130 Å². The van der Waals surface area contributed by atoms with Crippen LogP contribution >= 0.6 is 193 Å². The predicted molar refractivity (Wildman–Crippen MR) is 503 cm³/mol. The Morgan fingerprint density at radius 1 is 0.520 bits per heavy atom. The molecule has 59 heteroatoms. The molecular weight excluding hydrogens is 2540 g/mol. The average molecular weight is 2630 g/mol. The Bertz CT molecular complexity index is 4440. The first kappa shape index (κ1) is 116. The van der Waals surface area contributed by atoms with E-state index in [9.17, 15) is 67.1 Å². The average Bonchev–Trinajstić information content (AvgIpc) is 1.36. The van der Waals surface area contributed by atoms with Crippen molar-refractivity contribution in [2.75, 3.05) is 96.1 Å². The number of nitrogen functional groups attached to an aromatic ring is 1. The molecule has 3 aromatic rings. The number of carbonyl (C=O) groups excluding carboxylic acids is 13. The van der Waals surface area contributed by atoms with Gasteiger partial charge in [0.05, 0.1) is 38.1 Å². The van der Waals surface area contributed by atoms with E-state index < -0.39 is 126 Å². The van der Waals surface area contributed by atoms with Crippen LogP contribution in [0.4, 0.5) is 29.8 Å². The summed E-state index contributed by atoms with van der Waals surface area (Å²) in [6, 6.07) is -2.61. The number of carboxylic acids is 1. The molecule has 9 atom stereocenters. The molecule has 7 amide bonds. The van der Waals surface area contributed by atoms with Gasteiger partial charge in [-0.1, -0.05) is 22.9 Å². The topological polar surface area (TPSA) is 583 Å². The molecule has 3 fully saturated rings. The van der Waals surface area contributed by atoms with Gasteiger partial charge in [-0.05, 0) is 58.3 Å². The number of thioether (sulfide) groups is 3. The number of nitrogens with two attached hydrogens (primary N) is 2. The Balaban J connectivity index is 0.000000570. The fourth-order valence-electron chi connectivity index (χ4n) is 10.2. The van der Waals surface area contributed by atoms with E-state index >= 15 is 0 Å². The summed E-state index contributed by atoms with van der Waals surface area (Å²) in [5.41, 5.74) is 12.8. The Hall–Kier alpha value is -5.26.